The van der Waals surface area contributed by atoms with Crippen LogP contribution in [0.25, 0.3) is 10.1 Å². The van der Waals surface area contributed by atoms with Gasteiger partial charge in [0.05, 0.1) is 4.21 Å². The lowest BCUT2D eigenvalue weighted by molar-refractivity contribution is -0.156. The van der Waals surface area contributed by atoms with Crippen LogP contribution in [-0.4, -0.2) is 69.1 Å². The number of nitrogens with two attached hydrogens (primary N) is 1. The summed E-state index contributed by atoms with van der Waals surface area (Å²) in [6.07, 6.45) is 1.47. The number of oxime groups is 1. The predicted octanol–water partition coefficient (Wildman–Crippen LogP) is 2.86. The minimum absolute atomic E-state index is 0.0486. The van der Waals surface area contributed by atoms with Gasteiger partial charge in [0, 0.05) is 33.8 Å². The van der Waals surface area contributed by atoms with Gasteiger partial charge in [-0.1, -0.05) is 23.0 Å². The summed E-state index contributed by atoms with van der Waals surface area (Å²) in [6.45, 7) is -1.43. The number of hydrogen-bond acceptors (Lipinski definition) is 12. The molecular weight excluding hydrogens is 621 g/mol. The third-order valence-electron chi connectivity index (χ3n) is 6.24. The maximum Gasteiger partial charge on any atom is 0.316 e. The first-order chi connectivity index (χ1) is 19.6. The zero-order chi connectivity index (χ0) is 29.3. The summed E-state index contributed by atoms with van der Waals surface area (Å²) in [5, 5.41) is 19.0. The van der Waals surface area contributed by atoms with Gasteiger partial charge in [0.1, 0.15) is 28.3 Å². The number of alkyl halides is 1. The zero-order valence-electron chi connectivity index (χ0n) is 20.6. The van der Waals surface area contributed by atoms with Gasteiger partial charge in [-0.3, -0.25) is 19.2 Å². The highest BCUT2D eigenvalue weighted by molar-refractivity contribution is 8.04. The first kappa shape index (κ1) is 29.0. The van der Waals surface area contributed by atoms with Gasteiger partial charge in [-0.15, -0.1) is 34.4 Å². The summed E-state index contributed by atoms with van der Waals surface area (Å²) in [7, 11) is 0. The van der Waals surface area contributed by atoms with Crippen molar-refractivity contribution in [3.8, 4) is 0 Å². The second-order valence-corrected chi connectivity index (χ2v) is 13.1. The molecule has 11 nitrogen and oxygen atoms in total. The van der Waals surface area contributed by atoms with Gasteiger partial charge in [0.25, 0.3) is 12.8 Å². The fraction of sp³-hybridized carbons (Fsp3) is 0.250. The number of aromatic nitrogens is 1. The number of halogens is 2. The molecule has 2 fully saturated rings. The van der Waals surface area contributed by atoms with Crippen molar-refractivity contribution < 1.29 is 33.1 Å². The van der Waals surface area contributed by atoms with Gasteiger partial charge in [0.2, 0.25) is 5.91 Å². The number of nitrogens with one attached hydrogen (secondary N) is 1. The number of thioether (sulfide) groups is 2. The highest BCUT2D eigenvalue weighted by Gasteiger charge is 2.57. The third-order valence-corrected chi connectivity index (χ3v) is 10.5. The van der Waals surface area contributed by atoms with E-state index in [1.165, 1.54) is 63.7 Å². The Hall–Kier alpha value is -3.54. The van der Waals surface area contributed by atoms with Crippen molar-refractivity contribution in [2.24, 2.45) is 10.6 Å². The van der Waals surface area contributed by atoms with Gasteiger partial charge in [-0.2, -0.15) is 0 Å². The molecule has 1 aromatic carbocycles. The Bertz CT molecular complexity index is 1660. The van der Waals surface area contributed by atoms with E-state index in [0.29, 0.717) is 14.3 Å². The summed E-state index contributed by atoms with van der Waals surface area (Å²) >= 11 is 4.53. The van der Waals surface area contributed by atoms with E-state index in [1.807, 2.05) is 0 Å². The van der Waals surface area contributed by atoms with Crippen LogP contribution in [0, 0.1) is 11.2 Å². The first-order valence-corrected chi connectivity index (χ1v) is 15.3. The number of carbonyl (C=O) groups excluding carboxylic acids is 2. The second kappa shape index (κ2) is 11.8. The van der Waals surface area contributed by atoms with Gasteiger partial charge >= 0.3 is 5.97 Å². The minimum Gasteiger partial charge on any atom is -0.481 e. The quantitative estimate of drug-likeness (QED) is 0.137. The first-order valence-electron chi connectivity index (χ1n) is 11.6. The standard InChI is InChI=1S/C24H19F2N5O6S4/c25-10-37-30-17(13-7-39-23(27)28-13)19(33)29-18-20(34)31-8-24(22(35)36,9-40-21(18)31)3-4-38-16-6-14(32)12-2-1-11(26)5-15(12)41-16/h1-7,18,21H,8-10H2,(H2,27,28)(H,29,33)(H,35,36)/t18?,21-,24?/m1/s1. The summed E-state index contributed by atoms with van der Waals surface area (Å²) in [5.41, 5.74) is 3.59. The maximum atomic E-state index is 13.6. The molecule has 41 heavy (non-hydrogen) atoms. The molecule has 4 heterocycles. The number of carboxylic acid groups (broad SMARTS) is 1. The summed E-state index contributed by atoms with van der Waals surface area (Å²) in [5.74, 6) is -2.85. The molecule has 0 bridgehead atoms. The zero-order valence-corrected chi connectivity index (χ0v) is 23.9. The molecule has 2 unspecified atom stereocenters. The fourth-order valence-electron chi connectivity index (χ4n) is 4.19. The molecule has 17 heteroatoms. The molecule has 2 saturated heterocycles. The number of fused-ring (bicyclic) bond motifs is 2. The van der Waals surface area contributed by atoms with E-state index in [2.05, 4.69) is 20.3 Å². The highest BCUT2D eigenvalue weighted by Crippen LogP contribution is 2.43. The monoisotopic (exact) mass is 639 g/mol. The van der Waals surface area contributed by atoms with E-state index in [4.69, 9.17) is 5.73 Å². The van der Waals surface area contributed by atoms with Crippen LogP contribution in [0.15, 0.2) is 55.3 Å². The molecule has 0 spiro atoms. The lowest BCUT2D eigenvalue weighted by Crippen LogP contribution is -2.73. The SMILES string of the molecule is Nc1nc(C(=NOCF)C(=O)NC2C(=O)N3CC(C=CSc4cc(=O)c5ccc(F)cc5s4)(C(=O)O)CS[C@H]23)cs1. The number of anilines is 1. The number of carbonyl (C=O) groups is 3. The molecule has 4 N–H and O–H groups in total. The molecule has 0 radical (unpaired) electrons. The topological polar surface area (TPSA) is 164 Å². The number of nitrogen functional groups attached to an aromatic ring is 1. The van der Waals surface area contributed by atoms with Crippen molar-refractivity contribution in [2.45, 2.75) is 15.6 Å². The Morgan fingerprint density at radius 1 is 1.37 bits per heavy atom. The Morgan fingerprint density at radius 2 is 2.17 bits per heavy atom. The lowest BCUT2D eigenvalue weighted by atomic mass is 9.87. The van der Waals surface area contributed by atoms with Crippen molar-refractivity contribution in [3.05, 3.63) is 62.9 Å². The second-order valence-electron chi connectivity index (χ2n) is 8.82. The number of nitrogens with zero attached hydrogens (tertiary/aromatic N) is 3. The number of thiazole rings is 1. The Labute approximate surface area is 246 Å². The van der Waals surface area contributed by atoms with Crippen LogP contribution in [0.2, 0.25) is 0 Å². The largest absolute Gasteiger partial charge is 0.481 e. The van der Waals surface area contributed by atoms with Crippen LogP contribution < -0.4 is 16.5 Å². The van der Waals surface area contributed by atoms with E-state index < -0.39 is 47.3 Å². The molecule has 2 aliphatic heterocycles. The smallest absolute Gasteiger partial charge is 0.316 e. The maximum absolute atomic E-state index is 13.6. The van der Waals surface area contributed by atoms with E-state index in [-0.39, 0.29) is 34.3 Å². The molecule has 3 atom stereocenters. The van der Waals surface area contributed by atoms with Crippen LogP contribution >= 0.6 is 46.2 Å². The lowest BCUT2D eigenvalue weighted by Gasteiger charge is -2.53. The van der Waals surface area contributed by atoms with Crippen LogP contribution in [0.5, 0.6) is 0 Å². The molecule has 2 amide bonds. The molecule has 2 aliphatic rings. The highest BCUT2D eigenvalue weighted by atomic mass is 32.2. The Morgan fingerprint density at radius 3 is 2.88 bits per heavy atom. The summed E-state index contributed by atoms with van der Waals surface area (Å²) in [6, 6.07) is 4.33. The fourth-order valence-corrected chi connectivity index (χ4v) is 8.35. The molecule has 0 saturated carbocycles. The van der Waals surface area contributed by atoms with Crippen molar-refractivity contribution in [3.63, 3.8) is 0 Å². The Balaban J connectivity index is 1.27. The third kappa shape index (κ3) is 5.79. The molecule has 214 valence electrons. The summed E-state index contributed by atoms with van der Waals surface area (Å²) in [4.78, 5) is 60.2. The number of rotatable bonds is 9. The number of hydrogen-bond donors (Lipinski definition) is 3. The normalized spacial score (nSPS) is 22.4. The minimum atomic E-state index is -1.42. The predicted molar refractivity (Wildman–Crippen MR) is 153 cm³/mol. The average Bonchev–Trinajstić information content (AvgIpc) is 3.37. The van der Waals surface area contributed by atoms with Crippen molar-refractivity contribution in [1.29, 1.82) is 0 Å². The van der Waals surface area contributed by atoms with Crippen LogP contribution in [0.4, 0.5) is 13.9 Å². The number of carboxylic acids is 1. The van der Waals surface area contributed by atoms with Gasteiger partial charge in [-0.05, 0) is 23.6 Å². The van der Waals surface area contributed by atoms with E-state index in [0.717, 1.165) is 23.1 Å². The number of benzene rings is 1. The van der Waals surface area contributed by atoms with E-state index >= 15 is 0 Å². The van der Waals surface area contributed by atoms with Crippen LogP contribution in [0.3, 0.4) is 0 Å². The molecule has 2 aromatic heterocycles. The summed E-state index contributed by atoms with van der Waals surface area (Å²) < 4.78 is 27.2. The molecule has 3 aromatic rings. The van der Waals surface area contributed by atoms with Crippen LogP contribution in [-0.2, 0) is 19.2 Å². The van der Waals surface area contributed by atoms with E-state index in [1.54, 1.807) is 5.41 Å². The Kier molecular flexibility index (Phi) is 8.30. The van der Waals surface area contributed by atoms with Gasteiger partial charge < -0.3 is 25.9 Å². The molecular formula is C24H19F2N5O6S4. The van der Waals surface area contributed by atoms with Gasteiger partial charge in [0.15, 0.2) is 16.3 Å². The van der Waals surface area contributed by atoms with Crippen molar-refractivity contribution >= 4 is 84.9 Å². The molecule has 0 aliphatic carbocycles. The van der Waals surface area contributed by atoms with Crippen molar-refractivity contribution in [2.75, 3.05) is 24.9 Å². The number of amides is 2. The number of β-lactam (4-membered cyclic amide) rings is 1. The van der Waals surface area contributed by atoms with Gasteiger partial charge in [-0.25, -0.2) is 13.8 Å². The van der Waals surface area contributed by atoms with Crippen LogP contribution in [0.1, 0.15) is 5.69 Å². The van der Waals surface area contributed by atoms with Crippen molar-refractivity contribution in [1.82, 2.24) is 15.2 Å². The number of aliphatic carboxylic acids is 1. The van der Waals surface area contributed by atoms with E-state index in [9.17, 15) is 33.1 Å². The molecule has 5 rings (SSSR count). The average molecular weight is 640 g/mol.